The number of amides is 1. The van der Waals surface area contributed by atoms with Crippen LogP contribution in [0.2, 0.25) is 0 Å². The lowest BCUT2D eigenvalue weighted by Gasteiger charge is -2.30. The molecule has 2 heterocycles. The Bertz CT molecular complexity index is 925. The van der Waals surface area contributed by atoms with E-state index in [0.29, 0.717) is 11.6 Å². The van der Waals surface area contributed by atoms with Gasteiger partial charge in [0.2, 0.25) is 0 Å². The van der Waals surface area contributed by atoms with E-state index in [4.69, 9.17) is 0 Å². The lowest BCUT2D eigenvalue weighted by molar-refractivity contribution is 0.0924. The van der Waals surface area contributed by atoms with Crippen molar-refractivity contribution in [3.8, 4) is 0 Å². The number of aromatic nitrogens is 2. The van der Waals surface area contributed by atoms with Crippen molar-refractivity contribution in [2.24, 2.45) is 0 Å². The Morgan fingerprint density at radius 2 is 1.96 bits per heavy atom. The van der Waals surface area contributed by atoms with Crippen LogP contribution in [-0.2, 0) is 6.54 Å². The van der Waals surface area contributed by atoms with Gasteiger partial charge < -0.3 is 15.6 Å². The maximum atomic E-state index is 12.5. The SMILES string of the molecule is Cc1cccc(CNC2CCC(NC(=O)c3cnc4[nH]ccc4c3)CC2)c1. The minimum absolute atomic E-state index is 0.0261. The average molecular weight is 362 g/mol. The third-order valence-electron chi connectivity index (χ3n) is 5.40. The van der Waals surface area contributed by atoms with Crippen LogP contribution < -0.4 is 10.6 Å². The molecule has 1 fully saturated rings. The molecule has 2 aromatic heterocycles. The summed E-state index contributed by atoms with van der Waals surface area (Å²) >= 11 is 0. The summed E-state index contributed by atoms with van der Waals surface area (Å²) in [6.45, 7) is 3.03. The summed E-state index contributed by atoms with van der Waals surface area (Å²) in [5, 5.41) is 7.80. The number of hydrogen-bond donors (Lipinski definition) is 3. The molecule has 0 bridgehead atoms. The first kappa shape index (κ1) is 17.7. The van der Waals surface area contributed by atoms with Gasteiger partial charge in [-0.3, -0.25) is 4.79 Å². The first-order valence-electron chi connectivity index (χ1n) is 9.70. The molecule has 1 aliphatic carbocycles. The highest BCUT2D eigenvalue weighted by atomic mass is 16.1. The fourth-order valence-electron chi connectivity index (χ4n) is 3.86. The lowest BCUT2D eigenvalue weighted by Crippen LogP contribution is -2.42. The first-order valence-corrected chi connectivity index (χ1v) is 9.70. The van der Waals surface area contributed by atoms with Crippen molar-refractivity contribution >= 4 is 16.9 Å². The van der Waals surface area contributed by atoms with Crippen LogP contribution >= 0.6 is 0 Å². The summed E-state index contributed by atoms with van der Waals surface area (Å²) < 4.78 is 0. The Balaban J connectivity index is 1.25. The molecule has 140 valence electrons. The Kier molecular flexibility index (Phi) is 5.21. The molecule has 0 unspecified atom stereocenters. The van der Waals surface area contributed by atoms with E-state index >= 15 is 0 Å². The monoisotopic (exact) mass is 362 g/mol. The Morgan fingerprint density at radius 3 is 2.78 bits per heavy atom. The number of aryl methyl sites for hydroxylation is 1. The van der Waals surface area contributed by atoms with E-state index in [1.165, 1.54) is 11.1 Å². The van der Waals surface area contributed by atoms with Crippen LogP contribution in [0.15, 0.2) is 48.8 Å². The normalized spacial score (nSPS) is 19.9. The number of carbonyl (C=O) groups excluding carboxylic acids is 1. The fourth-order valence-corrected chi connectivity index (χ4v) is 3.86. The minimum atomic E-state index is -0.0261. The van der Waals surface area contributed by atoms with Crippen LogP contribution in [-0.4, -0.2) is 28.0 Å². The van der Waals surface area contributed by atoms with Crippen LogP contribution in [0.25, 0.3) is 11.0 Å². The molecule has 0 spiro atoms. The molecular formula is C22H26N4O. The van der Waals surface area contributed by atoms with Crippen molar-refractivity contribution in [1.82, 2.24) is 20.6 Å². The quantitative estimate of drug-likeness (QED) is 0.648. The van der Waals surface area contributed by atoms with Crippen molar-refractivity contribution in [3.05, 3.63) is 65.5 Å². The molecular weight excluding hydrogens is 336 g/mol. The summed E-state index contributed by atoms with van der Waals surface area (Å²) in [6, 6.07) is 13.2. The molecule has 5 heteroatoms. The molecule has 1 aromatic carbocycles. The number of fused-ring (bicyclic) bond motifs is 1. The molecule has 5 nitrogen and oxygen atoms in total. The molecule has 1 aliphatic rings. The van der Waals surface area contributed by atoms with Crippen LogP contribution in [0.4, 0.5) is 0 Å². The number of aromatic amines is 1. The fraction of sp³-hybridized carbons (Fsp3) is 0.364. The molecule has 3 aromatic rings. The smallest absolute Gasteiger partial charge is 0.253 e. The molecule has 0 aliphatic heterocycles. The van der Waals surface area contributed by atoms with Crippen molar-refractivity contribution in [2.75, 3.05) is 0 Å². The summed E-state index contributed by atoms with van der Waals surface area (Å²) in [5.41, 5.74) is 4.07. The highest BCUT2D eigenvalue weighted by Crippen LogP contribution is 2.20. The van der Waals surface area contributed by atoms with Crippen LogP contribution in [0, 0.1) is 6.92 Å². The summed E-state index contributed by atoms with van der Waals surface area (Å²) in [5.74, 6) is -0.0261. The van der Waals surface area contributed by atoms with Gasteiger partial charge in [0.05, 0.1) is 5.56 Å². The minimum Gasteiger partial charge on any atom is -0.349 e. The lowest BCUT2D eigenvalue weighted by atomic mass is 9.91. The number of hydrogen-bond acceptors (Lipinski definition) is 3. The van der Waals surface area contributed by atoms with Crippen molar-refractivity contribution in [2.45, 2.75) is 51.2 Å². The molecule has 0 radical (unpaired) electrons. The standard InChI is InChI=1S/C22H26N4O/c1-15-3-2-4-16(11-15)13-24-19-5-7-20(8-6-19)26-22(27)18-12-17-9-10-23-21(17)25-14-18/h2-4,9-12,14,19-20,24H,5-8,13H2,1H3,(H,23,25)(H,26,27). The van der Waals surface area contributed by atoms with E-state index in [1.54, 1.807) is 6.20 Å². The van der Waals surface area contributed by atoms with E-state index in [-0.39, 0.29) is 11.9 Å². The van der Waals surface area contributed by atoms with Crippen molar-refractivity contribution < 1.29 is 4.79 Å². The van der Waals surface area contributed by atoms with Gasteiger partial charge in [0.15, 0.2) is 0 Å². The van der Waals surface area contributed by atoms with E-state index in [2.05, 4.69) is 51.8 Å². The van der Waals surface area contributed by atoms with Gasteiger partial charge in [-0.05, 0) is 50.3 Å². The summed E-state index contributed by atoms with van der Waals surface area (Å²) in [7, 11) is 0. The Morgan fingerprint density at radius 1 is 1.15 bits per heavy atom. The number of nitrogens with zero attached hydrogens (tertiary/aromatic N) is 1. The van der Waals surface area contributed by atoms with Gasteiger partial charge in [0.1, 0.15) is 5.65 Å². The summed E-state index contributed by atoms with van der Waals surface area (Å²) in [4.78, 5) is 19.9. The second-order valence-corrected chi connectivity index (χ2v) is 7.53. The van der Waals surface area contributed by atoms with Gasteiger partial charge in [-0.1, -0.05) is 29.8 Å². The zero-order chi connectivity index (χ0) is 18.6. The number of carbonyl (C=O) groups is 1. The maximum absolute atomic E-state index is 12.5. The van der Waals surface area contributed by atoms with Gasteiger partial charge in [0.25, 0.3) is 5.91 Å². The molecule has 1 amide bonds. The van der Waals surface area contributed by atoms with Gasteiger partial charge in [0, 0.05) is 36.4 Å². The first-order chi connectivity index (χ1) is 13.2. The average Bonchev–Trinajstić information content (AvgIpc) is 3.15. The topological polar surface area (TPSA) is 69.8 Å². The van der Waals surface area contributed by atoms with E-state index in [9.17, 15) is 4.79 Å². The molecule has 0 atom stereocenters. The van der Waals surface area contributed by atoms with Crippen molar-refractivity contribution in [3.63, 3.8) is 0 Å². The number of benzene rings is 1. The Labute approximate surface area is 159 Å². The zero-order valence-electron chi connectivity index (χ0n) is 15.7. The molecule has 3 N–H and O–H groups in total. The van der Waals surface area contributed by atoms with Crippen LogP contribution in [0.1, 0.15) is 47.2 Å². The van der Waals surface area contributed by atoms with E-state index < -0.39 is 0 Å². The highest BCUT2D eigenvalue weighted by molar-refractivity contribution is 5.97. The predicted octanol–water partition coefficient (Wildman–Crippen LogP) is 3.70. The molecule has 0 saturated heterocycles. The largest absolute Gasteiger partial charge is 0.349 e. The van der Waals surface area contributed by atoms with Gasteiger partial charge >= 0.3 is 0 Å². The van der Waals surface area contributed by atoms with Crippen molar-refractivity contribution in [1.29, 1.82) is 0 Å². The van der Waals surface area contributed by atoms with Gasteiger partial charge in [-0.2, -0.15) is 0 Å². The third kappa shape index (κ3) is 4.37. The van der Waals surface area contributed by atoms with E-state index in [0.717, 1.165) is 43.3 Å². The number of rotatable bonds is 5. The number of H-pyrrole nitrogens is 1. The third-order valence-corrected chi connectivity index (χ3v) is 5.40. The molecule has 27 heavy (non-hydrogen) atoms. The number of nitrogens with one attached hydrogen (secondary N) is 3. The van der Waals surface area contributed by atoms with E-state index in [1.807, 2.05) is 18.3 Å². The second kappa shape index (κ2) is 7.92. The Hall–Kier alpha value is -2.66. The van der Waals surface area contributed by atoms with Gasteiger partial charge in [-0.15, -0.1) is 0 Å². The summed E-state index contributed by atoms with van der Waals surface area (Å²) in [6.07, 6.45) is 7.68. The highest BCUT2D eigenvalue weighted by Gasteiger charge is 2.22. The van der Waals surface area contributed by atoms with Crippen LogP contribution in [0.3, 0.4) is 0 Å². The second-order valence-electron chi connectivity index (χ2n) is 7.53. The van der Waals surface area contributed by atoms with Gasteiger partial charge in [-0.25, -0.2) is 4.98 Å². The molecule has 1 saturated carbocycles. The number of pyridine rings is 1. The predicted molar refractivity (Wildman–Crippen MR) is 108 cm³/mol. The zero-order valence-corrected chi connectivity index (χ0v) is 15.7. The molecule has 4 rings (SSSR count). The maximum Gasteiger partial charge on any atom is 0.253 e. The van der Waals surface area contributed by atoms with Crippen LogP contribution in [0.5, 0.6) is 0 Å².